The molecule has 1 N–H and O–H groups in total. The lowest BCUT2D eigenvalue weighted by Gasteiger charge is -1.90. The van der Waals surface area contributed by atoms with Gasteiger partial charge in [0.05, 0.1) is 12.5 Å². The third-order valence-electron chi connectivity index (χ3n) is 1.55. The Morgan fingerprint density at radius 1 is 1.54 bits per heavy atom. The van der Waals surface area contributed by atoms with Crippen LogP contribution in [0, 0.1) is 0 Å². The van der Waals surface area contributed by atoms with E-state index in [1.54, 1.807) is 12.1 Å². The number of carbonyl (C=O) groups is 1. The summed E-state index contributed by atoms with van der Waals surface area (Å²) in [7, 11) is 0. The van der Waals surface area contributed by atoms with Gasteiger partial charge in [-0.1, -0.05) is 5.16 Å². The highest BCUT2D eigenvalue weighted by atomic mass is 16.5. The summed E-state index contributed by atoms with van der Waals surface area (Å²) in [6, 6.07) is 3.25. The Morgan fingerprint density at radius 3 is 3.00 bits per heavy atom. The van der Waals surface area contributed by atoms with Crippen LogP contribution in [0.15, 0.2) is 33.5 Å². The van der Waals surface area contributed by atoms with Gasteiger partial charge in [0.25, 0.3) is 0 Å². The maximum atomic E-state index is 10.6. The van der Waals surface area contributed by atoms with Gasteiger partial charge in [-0.2, -0.15) is 0 Å². The zero-order valence-electron chi connectivity index (χ0n) is 6.43. The molecule has 2 rings (SSSR count). The zero-order valence-corrected chi connectivity index (χ0v) is 6.43. The van der Waals surface area contributed by atoms with E-state index in [4.69, 9.17) is 14.0 Å². The first-order valence-electron chi connectivity index (χ1n) is 3.51. The maximum Gasteiger partial charge on any atom is 0.341 e. The van der Waals surface area contributed by atoms with Crippen molar-refractivity contribution in [1.82, 2.24) is 5.16 Å². The average Bonchev–Trinajstić information content (AvgIpc) is 2.74. The van der Waals surface area contributed by atoms with E-state index in [2.05, 4.69) is 5.16 Å². The van der Waals surface area contributed by atoms with Crippen molar-refractivity contribution >= 4 is 5.97 Å². The molecule has 0 saturated heterocycles. The predicted molar refractivity (Wildman–Crippen MR) is 41.2 cm³/mol. The molecular weight excluding hydrogens is 174 g/mol. The van der Waals surface area contributed by atoms with Gasteiger partial charge in [0.2, 0.25) is 5.76 Å². The lowest BCUT2D eigenvalue weighted by molar-refractivity contribution is 0.0697. The second-order valence-corrected chi connectivity index (χ2v) is 2.35. The van der Waals surface area contributed by atoms with Crippen molar-refractivity contribution in [3.8, 4) is 11.5 Å². The van der Waals surface area contributed by atoms with Crippen molar-refractivity contribution in [2.45, 2.75) is 0 Å². The normalized spacial score (nSPS) is 10.2. The quantitative estimate of drug-likeness (QED) is 0.758. The number of hydrogen-bond donors (Lipinski definition) is 1. The summed E-state index contributed by atoms with van der Waals surface area (Å²) in [5.41, 5.74) is -0.00468. The van der Waals surface area contributed by atoms with E-state index in [-0.39, 0.29) is 11.3 Å². The number of aromatic carboxylic acids is 1. The standard InChI is InChI=1S/C8H5NO4/c10-8(11)5-4-9-13-7(5)6-2-1-3-12-6/h1-4H,(H,10,11). The Labute approximate surface area is 72.6 Å². The number of carboxylic acids is 1. The molecule has 13 heavy (non-hydrogen) atoms. The topological polar surface area (TPSA) is 76.5 Å². The number of rotatable bonds is 2. The number of carboxylic acid groups (broad SMARTS) is 1. The summed E-state index contributed by atoms with van der Waals surface area (Å²) in [4.78, 5) is 10.6. The van der Waals surface area contributed by atoms with Crippen LogP contribution in [0.2, 0.25) is 0 Å². The molecule has 0 amide bonds. The number of furan rings is 1. The minimum Gasteiger partial charge on any atom is -0.477 e. The van der Waals surface area contributed by atoms with Crippen LogP contribution < -0.4 is 0 Å². The van der Waals surface area contributed by atoms with E-state index in [0.29, 0.717) is 5.76 Å². The minimum absolute atomic E-state index is 0.00468. The number of hydrogen-bond acceptors (Lipinski definition) is 4. The van der Waals surface area contributed by atoms with Gasteiger partial charge in [0.1, 0.15) is 5.56 Å². The van der Waals surface area contributed by atoms with Gasteiger partial charge < -0.3 is 14.0 Å². The van der Waals surface area contributed by atoms with Crippen LogP contribution >= 0.6 is 0 Å². The van der Waals surface area contributed by atoms with Gasteiger partial charge in [-0.05, 0) is 12.1 Å². The molecule has 0 bridgehead atoms. The van der Waals surface area contributed by atoms with Crippen molar-refractivity contribution in [3.05, 3.63) is 30.2 Å². The van der Waals surface area contributed by atoms with Crippen LogP contribution in [0.25, 0.3) is 11.5 Å². The Bertz CT molecular complexity index is 415. The fourth-order valence-electron chi connectivity index (χ4n) is 0.977. The van der Waals surface area contributed by atoms with Gasteiger partial charge in [-0.25, -0.2) is 4.79 Å². The van der Waals surface area contributed by atoms with E-state index in [1.807, 2.05) is 0 Å². The van der Waals surface area contributed by atoms with Crippen LogP contribution in [-0.2, 0) is 0 Å². The monoisotopic (exact) mass is 179 g/mol. The fraction of sp³-hybridized carbons (Fsp3) is 0. The van der Waals surface area contributed by atoms with E-state index in [1.165, 1.54) is 6.26 Å². The minimum atomic E-state index is -1.09. The molecule has 2 heterocycles. The molecule has 0 atom stereocenters. The summed E-state index contributed by atoms with van der Waals surface area (Å²) in [5.74, 6) is -0.597. The Balaban J connectivity index is 2.52. The lowest BCUT2D eigenvalue weighted by Crippen LogP contribution is -1.95. The summed E-state index contributed by atoms with van der Waals surface area (Å²) >= 11 is 0. The molecule has 66 valence electrons. The van der Waals surface area contributed by atoms with Gasteiger partial charge in [0, 0.05) is 0 Å². The van der Waals surface area contributed by atoms with Gasteiger partial charge in [-0.3, -0.25) is 0 Å². The molecule has 0 fully saturated rings. The second kappa shape index (κ2) is 2.78. The molecule has 0 aliphatic heterocycles. The molecule has 0 aromatic carbocycles. The highest BCUT2D eigenvalue weighted by Gasteiger charge is 2.18. The van der Waals surface area contributed by atoms with Crippen LogP contribution in [-0.4, -0.2) is 16.2 Å². The molecule has 5 heteroatoms. The molecule has 2 aromatic rings. The maximum absolute atomic E-state index is 10.6. The summed E-state index contributed by atoms with van der Waals surface area (Å²) in [6.45, 7) is 0. The van der Waals surface area contributed by atoms with Crippen LogP contribution in [0.3, 0.4) is 0 Å². The molecule has 0 spiro atoms. The zero-order chi connectivity index (χ0) is 9.26. The Morgan fingerprint density at radius 2 is 2.38 bits per heavy atom. The number of nitrogens with zero attached hydrogens (tertiary/aromatic N) is 1. The first-order valence-corrected chi connectivity index (χ1v) is 3.51. The second-order valence-electron chi connectivity index (χ2n) is 2.35. The van der Waals surface area contributed by atoms with Crippen molar-refractivity contribution in [2.24, 2.45) is 0 Å². The SMILES string of the molecule is O=C(O)c1cnoc1-c1ccco1. The molecule has 2 aromatic heterocycles. The Kier molecular flexibility index (Phi) is 1.63. The van der Waals surface area contributed by atoms with E-state index < -0.39 is 5.97 Å². The average molecular weight is 179 g/mol. The highest BCUT2D eigenvalue weighted by Crippen LogP contribution is 2.23. The molecule has 0 aliphatic carbocycles. The third kappa shape index (κ3) is 1.20. The van der Waals surface area contributed by atoms with E-state index in [9.17, 15) is 4.79 Å². The van der Waals surface area contributed by atoms with Crippen molar-refractivity contribution < 1.29 is 18.8 Å². The fourth-order valence-corrected chi connectivity index (χ4v) is 0.977. The van der Waals surface area contributed by atoms with Gasteiger partial charge in [-0.15, -0.1) is 0 Å². The summed E-state index contributed by atoms with van der Waals surface area (Å²) in [5, 5.41) is 12.1. The predicted octanol–water partition coefficient (Wildman–Crippen LogP) is 1.63. The Hall–Kier alpha value is -2.04. The van der Waals surface area contributed by atoms with Gasteiger partial charge in [0.15, 0.2) is 5.76 Å². The third-order valence-corrected chi connectivity index (χ3v) is 1.55. The lowest BCUT2D eigenvalue weighted by atomic mass is 10.2. The van der Waals surface area contributed by atoms with Crippen molar-refractivity contribution in [1.29, 1.82) is 0 Å². The molecule has 0 aliphatic rings. The van der Waals surface area contributed by atoms with E-state index in [0.717, 1.165) is 6.20 Å². The molecule has 0 saturated carbocycles. The first kappa shape index (κ1) is 7.60. The molecular formula is C8H5NO4. The summed E-state index contributed by atoms with van der Waals surface area (Å²) < 4.78 is 9.72. The largest absolute Gasteiger partial charge is 0.477 e. The van der Waals surface area contributed by atoms with Crippen molar-refractivity contribution in [2.75, 3.05) is 0 Å². The molecule has 0 unspecified atom stereocenters. The summed E-state index contributed by atoms with van der Waals surface area (Å²) in [6.07, 6.45) is 2.57. The number of aromatic nitrogens is 1. The smallest absolute Gasteiger partial charge is 0.341 e. The van der Waals surface area contributed by atoms with Crippen LogP contribution in [0.1, 0.15) is 10.4 Å². The highest BCUT2D eigenvalue weighted by molar-refractivity contribution is 5.93. The van der Waals surface area contributed by atoms with Crippen LogP contribution in [0.4, 0.5) is 0 Å². The van der Waals surface area contributed by atoms with Crippen LogP contribution in [0.5, 0.6) is 0 Å². The van der Waals surface area contributed by atoms with E-state index >= 15 is 0 Å². The molecule has 5 nitrogen and oxygen atoms in total. The van der Waals surface area contributed by atoms with Gasteiger partial charge >= 0.3 is 5.97 Å². The van der Waals surface area contributed by atoms with Crippen molar-refractivity contribution in [3.63, 3.8) is 0 Å². The molecule has 0 radical (unpaired) electrons. The first-order chi connectivity index (χ1) is 6.29.